The molecule has 3 rings (SSSR count). The fourth-order valence-corrected chi connectivity index (χ4v) is 6.05. The van der Waals surface area contributed by atoms with Gasteiger partial charge in [0.05, 0.1) is 0 Å². The molecule has 0 unspecified atom stereocenters. The number of phenolic OH excluding ortho intramolecular Hbond substituents is 1. The van der Waals surface area contributed by atoms with Gasteiger partial charge in [-0.05, 0) is 47.6 Å². The smallest absolute Gasteiger partial charge is 0.326 e. The molecule has 0 fully saturated rings. The molecule has 5 amide bonds. The maximum Gasteiger partial charge on any atom is 0.326 e. The third-order valence-electron chi connectivity index (χ3n) is 9.49. The number of benzene rings is 3. The van der Waals surface area contributed by atoms with Crippen molar-refractivity contribution in [1.82, 2.24) is 21.3 Å². The van der Waals surface area contributed by atoms with Crippen LogP contribution in [0.3, 0.4) is 0 Å². The molecule has 0 aliphatic rings. The Labute approximate surface area is 322 Å². The van der Waals surface area contributed by atoms with Crippen LogP contribution in [0.5, 0.6) is 5.75 Å². The fourth-order valence-electron chi connectivity index (χ4n) is 6.05. The van der Waals surface area contributed by atoms with E-state index in [1.807, 2.05) is 50.2 Å². The van der Waals surface area contributed by atoms with Crippen LogP contribution >= 0.6 is 0 Å². The lowest BCUT2D eigenvalue weighted by molar-refractivity contribution is -0.142. The molecule has 296 valence electrons. The topological polar surface area (TPSA) is 217 Å². The van der Waals surface area contributed by atoms with Crippen LogP contribution in [0.2, 0.25) is 0 Å². The molecule has 0 saturated heterocycles. The molecular weight excluding hydrogens is 702 g/mol. The van der Waals surface area contributed by atoms with Crippen LogP contribution in [0.25, 0.3) is 0 Å². The lowest BCUT2D eigenvalue weighted by Gasteiger charge is -2.26. The van der Waals surface area contributed by atoms with E-state index in [1.54, 1.807) is 36.4 Å². The molecule has 0 bridgehead atoms. The largest absolute Gasteiger partial charge is 0.508 e. The number of phenols is 1. The first-order valence-corrected chi connectivity index (χ1v) is 18.9. The highest BCUT2D eigenvalue weighted by Crippen LogP contribution is 2.14. The van der Waals surface area contributed by atoms with Crippen LogP contribution in [0.15, 0.2) is 84.9 Å². The van der Waals surface area contributed by atoms with Gasteiger partial charge in [0.25, 0.3) is 0 Å². The minimum absolute atomic E-state index is 0.0517. The number of nitrogens with one attached hydrogen (secondary N) is 4. The maximum absolute atomic E-state index is 13.3. The number of rotatable bonds is 24. The standard InChI is InChI=1S/C42H55N5O8/c1-3-28(2)38(41(53)45-33(39(43)51)25-29-15-9-7-10-16-29)47-37(50)20-14-6-4-5-13-19-36(49)44-34(26-31-21-23-32(48)24-22-31)40(52)46-35(42(54)55)27-30-17-11-8-12-18-30/h7-12,15-18,21-24,28,33-35,38,48H,3-6,13-14,19-20,25-27H2,1-2H3,(H2,43,51)(H,44,49)(H,45,53)(H,46,52)(H,47,50)(H,54,55)/t28-,33+,34+,35+,38+/m1/s1. The van der Waals surface area contributed by atoms with Gasteiger partial charge in [-0.2, -0.15) is 0 Å². The first-order valence-electron chi connectivity index (χ1n) is 18.9. The summed E-state index contributed by atoms with van der Waals surface area (Å²) in [6.45, 7) is 3.78. The van der Waals surface area contributed by atoms with Gasteiger partial charge < -0.3 is 37.2 Å². The van der Waals surface area contributed by atoms with Gasteiger partial charge >= 0.3 is 5.97 Å². The summed E-state index contributed by atoms with van der Waals surface area (Å²) in [6, 6.07) is 20.4. The summed E-state index contributed by atoms with van der Waals surface area (Å²) in [5.41, 5.74) is 7.84. The van der Waals surface area contributed by atoms with Crippen LogP contribution < -0.4 is 27.0 Å². The van der Waals surface area contributed by atoms with Gasteiger partial charge in [0.2, 0.25) is 29.5 Å². The average molecular weight is 758 g/mol. The molecule has 0 aliphatic carbocycles. The van der Waals surface area contributed by atoms with Crippen LogP contribution in [0.1, 0.15) is 81.9 Å². The Bertz CT molecular complexity index is 1690. The molecule has 0 radical (unpaired) electrons. The lowest BCUT2D eigenvalue weighted by atomic mass is 9.97. The lowest BCUT2D eigenvalue weighted by Crippen LogP contribution is -2.55. The second-order valence-electron chi connectivity index (χ2n) is 13.9. The number of unbranched alkanes of at least 4 members (excludes halogenated alkanes) is 4. The summed E-state index contributed by atoms with van der Waals surface area (Å²) in [5, 5.41) is 30.4. The predicted octanol–water partition coefficient (Wildman–Crippen LogP) is 3.71. The number of amides is 5. The van der Waals surface area contributed by atoms with Crippen molar-refractivity contribution in [3.8, 4) is 5.75 Å². The number of hydrogen-bond donors (Lipinski definition) is 7. The van der Waals surface area contributed by atoms with E-state index in [-0.39, 0.29) is 55.6 Å². The molecule has 13 nitrogen and oxygen atoms in total. The Morgan fingerprint density at radius 2 is 1.04 bits per heavy atom. The molecule has 13 heteroatoms. The highest BCUT2D eigenvalue weighted by Gasteiger charge is 2.30. The van der Waals surface area contributed by atoms with Gasteiger partial charge in [0.15, 0.2) is 0 Å². The van der Waals surface area contributed by atoms with E-state index in [1.165, 1.54) is 12.1 Å². The number of aromatic hydroxyl groups is 1. The van der Waals surface area contributed by atoms with Crippen molar-refractivity contribution in [2.45, 2.75) is 109 Å². The number of nitrogens with two attached hydrogens (primary N) is 1. The Morgan fingerprint density at radius 1 is 0.582 bits per heavy atom. The van der Waals surface area contributed by atoms with Gasteiger partial charge in [-0.15, -0.1) is 0 Å². The van der Waals surface area contributed by atoms with E-state index >= 15 is 0 Å². The Morgan fingerprint density at radius 3 is 1.55 bits per heavy atom. The van der Waals surface area contributed by atoms with Crippen molar-refractivity contribution in [3.05, 3.63) is 102 Å². The van der Waals surface area contributed by atoms with E-state index in [2.05, 4.69) is 21.3 Å². The summed E-state index contributed by atoms with van der Waals surface area (Å²) >= 11 is 0. The van der Waals surface area contributed by atoms with Crippen molar-refractivity contribution >= 4 is 35.5 Å². The van der Waals surface area contributed by atoms with E-state index in [0.717, 1.165) is 24.0 Å². The Balaban J connectivity index is 1.44. The van der Waals surface area contributed by atoms with Gasteiger partial charge in [-0.25, -0.2) is 4.79 Å². The molecule has 3 aromatic rings. The van der Waals surface area contributed by atoms with E-state index in [4.69, 9.17) is 5.73 Å². The molecule has 0 aliphatic heterocycles. The average Bonchev–Trinajstić information content (AvgIpc) is 3.16. The number of carboxylic acid groups (broad SMARTS) is 1. The fraction of sp³-hybridized carbons (Fsp3) is 0.429. The summed E-state index contributed by atoms with van der Waals surface area (Å²) in [5.74, 6) is -3.70. The predicted molar refractivity (Wildman–Crippen MR) is 208 cm³/mol. The van der Waals surface area contributed by atoms with Crippen molar-refractivity contribution in [2.75, 3.05) is 0 Å². The molecule has 5 atom stereocenters. The minimum Gasteiger partial charge on any atom is -0.508 e. The van der Waals surface area contributed by atoms with Gasteiger partial charge in [-0.1, -0.05) is 112 Å². The third-order valence-corrected chi connectivity index (χ3v) is 9.49. The monoisotopic (exact) mass is 757 g/mol. The molecule has 3 aromatic carbocycles. The van der Waals surface area contributed by atoms with Crippen molar-refractivity contribution in [3.63, 3.8) is 0 Å². The maximum atomic E-state index is 13.3. The van der Waals surface area contributed by atoms with Crippen molar-refractivity contribution in [2.24, 2.45) is 11.7 Å². The summed E-state index contributed by atoms with van der Waals surface area (Å²) in [4.78, 5) is 76.5. The van der Waals surface area contributed by atoms with Crippen molar-refractivity contribution < 1.29 is 39.0 Å². The first-order chi connectivity index (χ1) is 26.4. The third kappa shape index (κ3) is 16.0. The summed E-state index contributed by atoms with van der Waals surface area (Å²) in [7, 11) is 0. The van der Waals surface area contributed by atoms with E-state index in [0.29, 0.717) is 31.2 Å². The molecule has 0 spiro atoms. The van der Waals surface area contributed by atoms with Gasteiger partial charge in [-0.3, -0.25) is 24.0 Å². The van der Waals surface area contributed by atoms with Crippen LogP contribution in [-0.4, -0.2) is 69.9 Å². The number of carbonyl (C=O) groups is 6. The Hall–Kier alpha value is -5.72. The molecule has 0 heterocycles. The quantitative estimate of drug-likeness (QED) is 0.0667. The highest BCUT2D eigenvalue weighted by atomic mass is 16.4. The number of primary amides is 1. The van der Waals surface area contributed by atoms with Gasteiger partial charge in [0, 0.05) is 32.1 Å². The van der Waals surface area contributed by atoms with Crippen LogP contribution in [0, 0.1) is 5.92 Å². The molecular formula is C42H55N5O8. The molecule has 0 aromatic heterocycles. The second-order valence-corrected chi connectivity index (χ2v) is 13.9. The number of hydrogen-bond acceptors (Lipinski definition) is 7. The van der Waals surface area contributed by atoms with Crippen LogP contribution in [0.4, 0.5) is 0 Å². The normalized spacial score (nSPS) is 13.6. The van der Waals surface area contributed by atoms with Crippen LogP contribution in [-0.2, 0) is 48.0 Å². The van der Waals surface area contributed by atoms with E-state index in [9.17, 15) is 39.0 Å². The Kier molecular flexibility index (Phi) is 18.4. The zero-order valence-electron chi connectivity index (χ0n) is 31.7. The molecule has 55 heavy (non-hydrogen) atoms. The SMILES string of the molecule is CC[C@@H](C)[C@H](NC(=O)CCCCCCCC(=O)N[C@@H](Cc1ccc(O)cc1)C(=O)N[C@@H](Cc1ccccc1)C(=O)O)C(=O)N[C@@H](Cc1ccccc1)C(N)=O. The second kappa shape index (κ2) is 23.1. The zero-order valence-corrected chi connectivity index (χ0v) is 31.7. The highest BCUT2D eigenvalue weighted by molar-refractivity contribution is 5.92. The van der Waals surface area contributed by atoms with Gasteiger partial charge in [0.1, 0.15) is 29.9 Å². The first kappa shape index (κ1) is 43.7. The summed E-state index contributed by atoms with van der Waals surface area (Å²) < 4.78 is 0. The molecule has 0 saturated carbocycles. The molecule has 8 N–H and O–H groups in total. The summed E-state index contributed by atoms with van der Waals surface area (Å²) in [6.07, 6.45) is 4.69. The van der Waals surface area contributed by atoms with E-state index < -0.39 is 47.9 Å². The number of aliphatic carboxylic acids is 1. The minimum atomic E-state index is -1.20. The zero-order chi connectivity index (χ0) is 40.2. The number of carbonyl (C=O) groups excluding carboxylic acids is 5. The van der Waals surface area contributed by atoms with Crippen molar-refractivity contribution in [1.29, 1.82) is 0 Å². The number of carboxylic acids is 1.